The number of hydrogen-bond acceptors (Lipinski definition) is 8. The van der Waals surface area contributed by atoms with Crippen LogP contribution in [0.4, 0.5) is 4.79 Å². The number of carbonyl (C=O) groups is 2. The first-order valence-electron chi connectivity index (χ1n) is 15.4. The Bertz CT molecular complexity index is 1350. The largest absolute Gasteiger partial charge is 0.476 e. The molecule has 230 valence electrons. The third-order valence-corrected chi connectivity index (χ3v) is 8.28. The smallest absolute Gasteiger partial charge is 0.407 e. The van der Waals surface area contributed by atoms with Gasteiger partial charge in [-0.2, -0.15) is 0 Å². The molecule has 3 aromatic rings. The SMILES string of the molecule is CN(C)CCOc1ccc(-c2cc(C(=O)NCC3CCC(CNC(=O)OC4CCOCC4)CC3)c3ccccc3n2)cn1. The highest BCUT2D eigenvalue weighted by atomic mass is 16.6. The first-order valence-corrected chi connectivity index (χ1v) is 15.4. The van der Waals surface area contributed by atoms with Gasteiger partial charge < -0.3 is 29.7 Å². The summed E-state index contributed by atoms with van der Waals surface area (Å²) in [6.45, 7) is 3.91. The van der Waals surface area contributed by atoms with Gasteiger partial charge in [-0.25, -0.2) is 14.8 Å². The van der Waals surface area contributed by atoms with Gasteiger partial charge in [0, 0.05) is 55.7 Å². The number of nitrogens with zero attached hydrogens (tertiary/aromatic N) is 3. The number of likely N-dealkylation sites (N-methyl/N-ethyl adjacent to an activating group) is 1. The van der Waals surface area contributed by atoms with Gasteiger partial charge in [0.15, 0.2) is 0 Å². The summed E-state index contributed by atoms with van der Waals surface area (Å²) in [5, 5.41) is 6.95. The van der Waals surface area contributed by atoms with Crippen LogP contribution in [0.25, 0.3) is 22.2 Å². The Hall–Kier alpha value is -3.76. The van der Waals surface area contributed by atoms with Crippen LogP contribution in [0.2, 0.25) is 0 Å². The fourth-order valence-corrected chi connectivity index (χ4v) is 5.65. The van der Waals surface area contributed by atoms with Crippen LogP contribution in [0.5, 0.6) is 5.88 Å². The summed E-state index contributed by atoms with van der Waals surface area (Å²) >= 11 is 0. The second-order valence-electron chi connectivity index (χ2n) is 11.8. The van der Waals surface area contributed by atoms with Crippen LogP contribution in [-0.4, -0.2) is 86.5 Å². The molecule has 1 saturated heterocycles. The van der Waals surface area contributed by atoms with Crippen molar-refractivity contribution in [3.8, 4) is 17.1 Å². The summed E-state index contributed by atoms with van der Waals surface area (Å²) in [5.74, 6) is 1.30. The molecule has 0 unspecified atom stereocenters. The van der Waals surface area contributed by atoms with Gasteiger partial charge in [-0.15, -0.1) is 0 Å². The molecule has 2 N–H and O–H groups in total. The number of pyridine rings is 2. The summed E-state index contributed by atoms with van der Waals surface area (Å²) in [6, 6.07) is 13.3. The van der Waals surface area contributed by atoms with Crippen molar-refractivity contribution in [3.63, 3.8) is 0 Å². The zero-order valence-corrected chi connectivity index (χ0v) is 25.2. The summed E-state index contributed by atoms with van der Waals surface area (Å²) < 4.78 is 16.6. The molecule has 0 spiro atoms. The van der Waals surface area contributed by atoms with Crippen molar-refractivity contribution in [1.29, 1.82) is 0 Å². The van der Waals surface area contributed by atoms with Crippen LogP contribution in [0.3, 0.4) is 0 Å². The Kier molecular flexibility index (Phi) is 10.8. The molecule has 5 rings (SSSR count). The third-order valence-electron chi connectivity index (χ3n) is 8.28. The van der Waals surface area contributed by atoms with Crippen LogP contribution in [0, 0.1) is 11.8 Å². The van der Waals surface area contributed by atoms with Gasteiger partial charge >= 0.3 is 6.09 Å². The lowest BCUT2D eigenvalue weighted by molar-refractivity contribution is 0.00123. The number of ether oxygens (including phenoxy) is 3. The van der Waals surface area contributed by atoms with E-state index >= 15 is 0 Å². The molecule has 1 aliphatic carbocycles. The molecule has 0 atom stereocenters. The van der Waals surface area contributed by atoms with E-state index in [0.29, 0.717) is 61.9 Å². The number of amides is 2. The molecule has 0 bridgehead atoms. The van der Waals surface area contributed by atoms with E-state index in [1.165, 1.54) is 0 Å². The normalized spacial score (nSPS) is 19.2. The van der Waals surface area contributed by atoms with Gasteiger partial charge in [-0.1, -0.05) is 18.2 Å². The van der Waals surface area contributed by atoms with E-state index in [0.717, 1.165) is 61.5 Å². The second kappa shape index (κ2) is 15.1. The highest BCUT2D eigenvalue weighted by Gasteiger charge is 2.24. The van der Waals surface area contributed by atoms with Gasteiger partial charge in [-0.3, -0.25) is 4.79 Å². The third kappa shape index (κ3) is 8.87. The van der Waals surface area contributed by atoms with E-state index in [2.05, 4.69) is 20.5 Å². The maximum Gasteiger partial charge on any atom is 0.407 e. The summed E-state index contributed by atoms with van der Waals surface area (Å²) in [6.07, 6.45) is 6.95. The summed E-state index contributed by atoms with van der Waals surface area (Å²) in [5.41, 5.74) is 2.88. The molecule has 10 heteroatoms. The van der Waals surface area contributed by atoms with E-state index in [9.17, 15) is 9.59 Å². The number of rotatable bonds is 11. The minimum atomic E-state index is -0.328. The van der Waals surface area contributed by atoms with E-state index in [-0.39, 0.29) is 18.1 Å². The van der Waals surface area contributed by atoms with Crippen molar-refractivity contribution in [2.45, 2.75) is 44.6 Å². The van der Waals surface area contributed by atoms with Crippen molar-refractivity contribution >= 4 is 22.9 Å². The minimum Gasteiger partial charge on any atom is -0.476 e. The highest BCUT2D eigenvalue weighted by Crippen LogP contribution is 2.29. The van der Waals surface area contributed by atoms with Crippen LogP contribution in [-0.2, 0) is 9.47 Å². The van der Waals surface area contributed by atoms with Crippen molar-refractivity contribution in [1.82, 2.24) is 25.5 Å². The lowest BCUT2D eigenvalue weighted by atomic mass is 9.82. The van der Waals surface area contributed by atoms with Gasteiger partial charge in [0.25, 0.3) is 5.91 Å². The molecule has 1 aromatic carbocycles. The van der Waals surface area contributed by atoms with Gasteiger partial charge in [-0.05, 0) is 69.8 Å². The first-order chi connectivity index (χ1) is 20.9. The molecule has 1 aliphatic heterocycles. The number of para-hydroxylation sites is 1. The van der Waals surface area contributed by atoms with Crippen molar-refractivity contribution < 1.29 is 23.8 Å². The molecule has 1 saturated carbocycles. The molecule has 43 heavy (non-hydrogen) atoms. The number of aromatic nitrogens is 2. The number of carbonyl (C=O) groups excluding carboxylic acids is 2. The Labute approximate surface area is 253 Å². The predicted octanol–water partition coefficient (Wildman–Crippen LogP) is 4.68. The molecular weight excluding hydrogens is 546 g/mol. The van der Waals surface area contributed by atoms with E-state index in [1.807, 2.05) is 56.6 Å². The lowest BCUT2D eigenvalue weighted by Crippen LogP contribution is -2.37. The average molecular weight is 590 g/mol. The monoisotopic (exact) mass is 589 g/mol. The molecule has 2 amide bonds. The second-order valence-corrected chi connectivity index (χ2v) is 11.8. The Morgan fingerprint density at radius 2 is 1.67 bits per heavy atom. The maximum absolute atomic E-state index is 13.5. The zero-order valence-electron chi connectivity index (χ0n) is 25.2. The fraction of sp³-hybridized carbons (Fsp3) is 0.515. The molecule has 2 aliphatic rings. The summed E-state index contributed by atoms with van der Waals surface area (Å²) in [7, 11) is 4.00. The lowest BCUT2D eigenvalue weighted by Gasteiger charge is -2.29. The summed E-state index contributed by atoms with van der Waals surface area (Å²) in [4.78, 5) is 37.0. The molecule has 2 aromatic heterocycles. The van der Waals surface area contributed by atoms with Crippen LogP contribution in [0.1, 0.15) is 48.9 Å². The first kappa shape index (κ1) is 30.7. The van der Waals surface area contributed by atoms with Gasteiger partial charge in [0.2, 0.25) is 5.88 Å². The van der Waals surface area contributed by atoms with Crippen LogP contribution >= 0.6 is 0 Å². The van der Waals surface area contributed by atoms with Crippen molar-refractivity contribution in [2.24, 2.45) is 11.8 Å². The molecule has 3 heterocycles. The molecule has 10 nitrogen and oxygen atoms in total. The molecule has 0 radical (unpaired) electrons. The topological polar surface area (TPSA) is 115 Å². The standard InChI is InChI=1S/C33H43N5O5/c1-38(2)15-18-42-31-12-11-25(22-34-31)30-19-28(27-5-3-4-6-29(27)37-30)32(39)35-20-23-7-9-24(10-8-23)21-36-33(40)43-26-13-16-41-17-14-26/h3-6,11-12,19,22-24,26H,7-10,13-18,20-21H2,1-2H3,(H,35,39)(H,36,40). The molecule has 2 fully saturated rings. The zero-order chi connectivity index (χ0) is 30.0. The van der Waals surface area contributed by atoms with E-state index in [4.69, 9.17) is 19.2 Å². The Balaban J connectivity index is 1.13. The number of benzene rings is 1. The predicted molar refractivity (Wildman–Crippen MR) is 165 cm³/mol. The Morgan fingerprint density at radius 1 is 0.953 bits per heavy atom. The minimum absolute atomic E-state index is 0.0449. The Morgan fingerprint density at radius 3 is 2.37 bits per heavy atom. The fourth-order valence-electron chi connectivity index (χ4n) is 5.65. The van der Waals surface area contributed by atoms with E-state index in [1.54, 1.807) is 6.20 Å². The van der Waals surface area contributed by atoms with Crippen molar-refractivity contribution in [2.75, 3.05) is 53.6 Å². The van der Waals surface area contributed by atoms with Crippen LogP contribution < -0.4 is 15.4 Å². The van der Waals surface area contributed by atoms with Crippen LogP contribution in [0.15, 0.2) is 48.7 Å². The highest BCUT2D eigenvalue weighted by molar-refractivity contribution is 6.07. The molecular formula is C33H43N5O5. The van der Waals surface area contributed by atoms with E-state index < -0.39 is 0 Å². The van der Waals surface area contributed by atoms with Gasteiger partial charge in [0.05, 0.1) is 30.0 Å². The quantitative estimate of drug-likeness (QED) is 0.332. The number of fused-ring (bicyclic) bond motifs is 1. The number of nitrogens with one attached hydrogen (secondary N) is 2. The number of hydrogen-bond donors (Lipinski definition) is 2. The van der Waals surface area contributed by atoms with Gasteiger partial charge in [0.1, 0.15) is 12.7 Å². The maximum atomic E-state index is 13.5. The van der Waals surface area contributed by atoms with Crippen molar-refractivity contribution in [3.05, 3.63) is 54.2 Å². The average Bonchev–Trinajstić information content (AvgIpc) is 3.03. The number of alkyl carbamates (subject to hydrolysis) is 1.